The second-order valence-corrected chi connectivity index (χ2v) is 10.3. The minimum Gasteiger partial charge on any atom is -0.423 e. The van der Waals surface area contributed by atoms with Crippen molar-refractivity contribution in [2.75, 3.05) is 11.4 Å². The summed E-state index contributed by atoms with van der Waals surface area (Å²) in [5.74, 6) is 0. The van der Waals surface area contributed by atoms with Gasteiger partial charge in [-0.05, 0) is 71.1 Å². The second kappa shape index (κ2) is 6.88. The Hall–Kier alpha value is -4.31. The Labute approximate surface area is 208 Å². The Bertz CT molecular complexity index is 1870. The fraction of sp³-hybridized carbons (Fsp3) is 0.156. The number of aromatic nitrogens is 1. The summed E-state index contributed by atoms with van der Waals surface area (Å²) in [7, 11) is 0. The van der Waals surface area contributed by atoms with E-state index in [9.17, 15) is 4.79 Å². The maximum Gasteiger partial charge on any atom is 0.336 e. The first-order valence-corrected chi connectivity index (χ1v) is 12.6. The molecule has 0 amide bonds. The lowest BCUT2D eigenvalue weighted by atomic mass is 9.89. The van der Waals surface area contributed by atoms with E-state index in [0.29, 0.717) is 5.58 Å². The Morgan fingerprint density at radius 3 is 2.33 bits per heavy atom. The molecule has 1 atom stereocenters. The van der Waals surface area contributed by atoms with Gasteiger partial charge in [-0.3, -0.25) is 0 Å². The molecule has 0 spiro atoms. The van der Waals surface area contributed by atoms with Crippen LogP contribution in [0.3, 0.4) is 0 Å². The molecule has 2 aliphatic heterocycles. The highest BCUT2D eigenvalue weighted by atomic mass is 16.4. The van der Waals surface area contributed by atoms with Crippen molar-refractivity contribution < 1.29 is 4.42 Å². The summed E-state index contributed by atoms with van der Waals surface area (Å²) in [5.41, 5.74) is 5.86. The van der Waals surface area contributed by atoms with Gasteiger partial charge in [0.15, 0.2) is 0 Å². The Morgan fingerprint density at radius 1 is 0.806 bits per heavy atom. The third-order valence-electron chi connectivity index (χ3n) is 8.37. The largest absolute Gasteiger partial charge is 0.423 e. The van der Waals surface area contributed by atoms with Gasteiger partial charge < -0.3 is 13.9 Å². The predicted octanol–water partition coefficient (Wildman–Crippen LogP) is 7.39. The van der Waals surface area contributed by atoms with Crippen LogP contribution in [0.2, 0.25) is 0 Å². The van der Waals surface area contributed by atoms with Gasteiger partial charge in [-0.2, -0.15) is 0 Å². The van der Waals surface area contributed by atoms with E-state index >= 15 is 0 Å². The summed E-state index contributed by atoms with van der Waals surface area (Å²) in [6.07, 6.45) is 4.42. The van der Waals surface area contributed by atoms with Crippen LogP contribution in [0.1, 0.15) is 25.5 Å². The standard InChI is InChI=1S/C32H24N2O2/c1-32-13-7-15-34(32)27-19-28-24(17-26(27)33-14-6-12-29(32)33)25(18-30(35)36-28)31-22-10-4-2-8-20(22)16-21-9-3-5-11-23(21)31/h2-6,8-12,14,16-19H,7,13,15H2,1H3. The normalized spacial score (nSPS) is 18.5. The van der Waals surface area contributed by atoms with Crippen LogP contribution in [0.4, 0.5) is 5.69 Å². The van der Waals surface area contributed by atoms with Crippen molar-refractivity contribution in [2.24, 2.45) is 0 Å². The fourth-order valence-corrected chi connectivity index (χ4v) is 6.75. The third-order valence-corrected chi connectivity index (χ3v) is 8.37. The van der Waals surface area contributed by atoms with E-state index in [-0.39, 0.29) is 11.2 Å². The van der Waals surface area contributed by atoms with Crippen LogP contribution in [0.25, 0.3) is 49.3 Å². The molecular weight excluding hydrogens is 444 g/mol. The molecule has 4 nitrogen and oxygen atoms in total. The lowest BCUT2D eigenvalue weighted by Gasteiger charge is -2.43. The molecule has 8 rings (SSSR count). The number of benzene rings is 4. The van der Waals surface area contributed by atoms with Gasteiger partial charge in [0.2, 0.25) is 0 Å². The molecule has 1 saturated heterocycles. The minimum atomic E-state index is -0.323. The predicted molar refractivity (Wildman–Crippen MR) is 146 cm³/mol. The van der Waals surface area contributed by atoms with E-state index < -0.39 is 0 Å². The molecular formula is C32H24N2O2. The maximum absolute atomic E-state index is 13.0. The average Bonchev–Trinajstić information content (AvgIpc) is 3.54. The number of anilines is 1. The SMILES string of the molecule is CC12CCCN1c1cc3oc(=O)cc(-c4c5ccccc5cc5ccccc45)c3cc1-n1cccc12. The van der Waals surface area contributed by atoms with Crippen LogP contribution in [-0.4, -0.2) is 11.1 Å². The van der Waals surface area contributed by atoms with Crippen molar-refractivity contribution in [1.29, 1.82) is 0 Å². The summed E-state index contributed by atoms with van der Waals surface area (Å²) in [4.78, 5) is 15.5. The molecule has 36 heavy (non-hydrogen) atoms. The first-order valence-electron chi connectivity index (χ1n) is 12.6. The van der Waals surface area contributed by atoms with Crippen molar-refractivity contribution in [2.45, 2.75) is 25.3 Å². The van der Waals surface area contributed by atoms with Gasteiger partial charge in [0, 0.05) is 41.5 Å². The van der Waals surface area contributed by atoms with Crippen molar-refractivity contribution in [3.8, 4) is 16.8 Å². The van der Waals surface area contributed by atoms with Gasteiger partial charge >= 0.3 is 5.63 Å². The minimum absolute atomic E-state index is 0.0477. The molecule has 4 heterocycles. The highest BCUT2D eigenvalue weighted by Crippen LogP contribution is 2.50. The second-order valence-electron chi connectivity index (χ2n) is 10.3. The van der Waals surface area contributed by atoms with E-state index in [1.165, 1.54) is 5.69 Å². The van der Waals surface area contributed by atoms with Gasteiger partial charge in [0.05, 0.1) is 16.9 Å². The van der Waals surface area contributed by atoms with Gasteiger partial charge in [-0.25, -0.2) is 4.79 Å². The molecule has 1 unspecified atom stereocenters. The van der Waals surface area contributed by atoms with Crippen LogP contribution in [0, 0.1) is 0 Å². The number of rotatable bonds is 1. The van der Waals surface area contributed by atoms with E-state index in [1.54, 1.807) is 6.07 Å². The average molecular weight is 469 g/mol. The van der Waals surface area contributed by atoms with Crippen LogP contribution >= 0.6 is 0 Å². The van der Waals surface area contributed by atoms with Gasteiger partial charge in [-0.1, -0.05) is 48.5 Å². The molecule has 6 aromatic rings. The topological polar surface area (TPSA) is 38.4 Å². The van der Waals surface area contributed by atoms with Crippen LogP contribution in [-0.2, 0) is 5.54 Å². The fourth-order valence-electron chi connectivity index (χ4n) is 6.75. The number of nitrogens with zero attached hydrogens (tertiary/aromatic N) is 2. The zero-order valence-electron chi connectivity index (χ0n) is 20.0. The molecule has 4 heteroatoms. The van der Waals surface area contributed by atoms with Crippen molar-refractivity contribution in [3.63, 3.8) is 0 Å². The van der Waals surface area contributed by atoms with Crippen LogP contribution in [0.15, 0.2) is 100 Å². The zero-order valence-corrected chi connectivity index (χ0v) is 20.0. The Kier molecular flexibility index (Phi) is 3.81. The molecule has 0 N–H and O–H groups in total. The molecule has 2 aromatic heterocycles. The zero-order chi connectivity index (χ0) is 24.0. The van der Waals surface area contributed by atoms with Crippen molar-refractivity contribution in [3.05, 3.63) is 107 Å². The van der Waals surface area contributed by atoms with E-state index in [2.05, 4.69) is 101 Å². The molecule has 0 bridgehead atoms. The summed E-state index contributed by atoms with van der Waals surface area (Å²) < 4.78 is 8.20. The van der Waals surface area contributed by atoms with E-state index in [0.717, 1.165) is 68.8 Å². The van der Waals surface area contributed by atoms with E-state index in [1.807, 2.05) is 0 Å². The molecule has 0 radical (unpaired) electrons. The molecule has 2 aliphatic rings. The van der Waals surface area contributed by atoms with E-state index in [4.69, 9.17) is 4.42 Å². The molecule has 4 aromatic carbocycles. The first-order chi connectivity index (χ1) is 17.6. The molecule has 0 saturated carbocycles. The summed E-state index contributed by atoms with van der Waals surface area (Å²) in [5, 5.41) is 5.54. The first kappa shape index (κ1) is 19.9. The summed E-state index contributed by atoms with van der Waals surface area (Å²) >= 11 is 0. The van der Waals surface area contributed by atoms with Gasteiger partial charge in [0.25, 0.3) is 0 Å². The quantitative estimate of drug-likeness (QED) is 0.187. The number of fused-ring (bicyclic) bond motifs is 9. The van der Waals surface area contributed by atoms with Crippen LogP contribution in [0.5, 0.6) is 0 Å². The third kappa shape index (κ3) is 2.51. The lowest BCUT2D eigenvalue weighted by Crippen LogP contribution is -2.43. The summed E-state index contributed by atoms with van der Waals surface area (Å²) in [6.45, 7) is 3.33. The molecule has 0 aliphatic carbocycles. The van der Waals surface area contributed by atoms with Gasteiger partial charge in [0.1, 0.15) is 5.58 Å². The monoisotopic (exact) mass is 468 g/mol. The molecule has 1 fully saturated rings. The van der Waals surface area contributed by atoms with Gasteiger partial charge in [-0.15, -0.1) is 0 Å². The van der Waals surface area contributed by atoms with Crippen LogP contribution < -0.4 is 10.5 Å². The highest BCUT2D eigenvalue weighted by molar-refractivity contribution is 6.16. The molecule has 174 valence electrons. The maximum atomic E-state index is 13.0. The number of hydrogen-bond acceptors (Lipinski definition) is 3. The smallest absolute Gasteiger partial charge is 0.336 e. The van der Waals surface area contributed by atoms with Crippen molar-refractivity contribution in [1.82, 2.24) is 4.57 Å². The number of hydrogen-bond donors (Lipinski definition) is 0. The highest BCUT2D eigenvalue weighted by Gasteiger charge is 2.44. The Morgan fingerprint density at radius 2 is 1.56 bits per heavy atom. The Balaban J connectivity index is 1.52. The lowest BCUT2D eigenvalue weighted by molar-refractivity contribution is 0.457. The summed E-state index contributed by atoms with van der Waals surface area (Å²) in [6, 6.07) is 29.4. The van der Waals surface area contributed by atoms with Crippen molar-refractivity contribution >= 4 is 38.2 Å².